The molecule has 1 aromatic heterocycles. The van der Waals surface area contributed by atoms with Gasteiger partial charge in [-0.1, -0.05) is 36.8 Å². The van der Waals surface area contributed by atoms with Gasteiger partial charge in [-0.25, -0.2) is 8.42 Å². The zero-order chi connectivity index (χ0) is 24.5. The van der Waals surface area contributed by atoms with Gasteiger partial charge in [0.1, 0.15) is 5.00 Å². The molecule has 2 aromatic carbocycles. The second-order valence-electron chi connectivity index (χ2n) is 8.55. The molecule has 1 atom stereocenters. The second kappa shape index (κ2) is 9.60. The molecule has 0 aliphatic heterocycles. The Labute approximate surface area is 203 Å². The Morgan fingerprint density at radius 2 is 1.74 bits per heavy atom. The van der Waals surface area contributed by atoms with E-state index in [0.717, 1.165) is 35.3 Å². The van der Waals surface area contributed by atoms with Crippen molar-refractivity contribution in [3.63, 3.8) is 0 Å². The molecule has 0 fully saturated rings. The summed E-state index contributed by atoms with van der Waals surface area (Å²) in [7, 11) is -2.32. The van der Waals surface area contributed by atoms with Crippen LogP contribution in [0.5, 0.6) is 0 Å². The molecule has 3 N–H and O–H groups in total. The minimum atomic E-state index is -3.88. The Morgan fingerprint density at radius 1 is 1.03 bits per heavy atom. The first-order valence-corrected chi connectivity index (χ1v) is 13.4. The number of amides is 2. The van der Waals surface area contributed by atoms with Gasteiger partial charge in [-0.05, 0) is 61.9 Å². The number of carbonyl (C=O) groups excluding carboxylic acids is 2. The summed E-state index contributed by atoms with van der Waals surface area (Å²) in [6.45, 7) is 4.05. The van der Waals surface area contributed by atoms with E-state index < -0.39 is 15.9 Å². The molecular formula is C25H27N3O4S2. The average Bonchev–Trinajstić information content (AvgIpc) is 3.15. The third kappa shape index (κ3) is 4.85. The summed E-state index contributed by atoms with van der Waals surface area (Å²) in [5, 5.41) is 6.03. The highest BCUT2D eigenvalue weighted by molar-refractivity contribution is 7.92. The summed E-state index contributed by atoms with van der Waals surface area (Å²) in [5.74, 6) is -0.209. The van der Waals surface area contributed by atoms with Crippen LogP contribution in [0.3, 0.4) is 0 Å². The fourth-order valence-electron chi connectivity index (χ4n) is 4.07. The van der Waals surface area contributed by atoms with Gasteiger partial charge in [0.2, 0.25) is 0 Å². The Morgan fingerprint density at radius 3 is 2.44 bits per heavy atom. The van der Waals surface area contributed by atoms with Crippen LogP contribution in [0.4, 0.5) is 10.7 Å². The van der Waals surface area contributed by atoms with Crippen LogP contribution < -0.4 is 15.4 Å². The number of anilines is 2. The lowest BCUT2D eigenvalue weighted by atomic mass is 9.88. The van der Waals surface area contributed by atoms with E-state index in [1.165, 1.54) is 23.5 Å². The van der Waals surface area contributed by atoms with E-state index in [1.54, 1.807) is 43.4 Å². The first kappa shape index (κ1) is 24.0. The number of benzene rings is 2. The molecule has 0 bridgehead atoms. The highest BCUT2D eigenvalue weighted by Gasteiger charge is 2.28. The van der Waals surface area contributed by atoms with E-state index in [4.69, 9.17) is 0 Å². The van der Waals surface area contributed by atoms with Gasteiger partial charge in [-0.15, -0.1) is 11.3 Å². The van der Waals surface area contributed by atoms with Crippen LogP contribution in [0.15, 0.2) is 53.4 Å². The molecule has 178 valence electrons. The van der Waals surface area contributed by atoms with Crippen molar-refractivity contribution in [2.75, 3.05) is 17.1 Å². The molecule has 9 heteroatoms. The van der Waals surface area contributed by atoms with Crippen LogP contribution in [0, 0.1) is 12.8 Å². The summed E-state index contributed by atoms with van der Waals surface area (Å²) in [6, 6.07) is 12.9. The normalized spacial score (nSPS) is 15.3. The van der Waals surface area contributed by atoms with Crippen molar-refractivity contribution in [1.29, 1.82) is 0 Å². The third-order valence-corrected chi connectivity index (χ3v) is 8.49. The highest BCUT2D eigenvalue weighted by atomic mass is 32.2. The number of nitrogens with one attached hydrogen (secondary N) is 3. The van der Waals surface area contributed by atoms with Crippen molar-refractivity contribution in [2.45, 2.75) is 38.0 Å². The molecule has 1 unspecified atom stereocenters. The predicted molar refractivity (Wildman–Crippen MR) is 135 cm³/mol. The molecule has 1 aliphatic carbocycles. The molecule has 0 saturated carbocycles. The van der Waals surface area contributed by atoms with Crippen LogP contribution in [-0.4, -0.2) is 27.3 Å². The monoisotopic (exact) mass is 497 g/mol. The Balaban J connectivity index is 1.64. The Kier molecular flexibility index (Phi) is 6.77. The van der Waals surface area contributed by atoms with Gasteiger partial charge in [-0.2, -0.15) is 0 Å². The van der Waals surface area contributed by atoms with Crippen molar-refractivity contribution in [3.8, 4) is 0 Å². The van der Waals surface area contributed by atoms with Gasteiger partial charge >= 0.3 is 0 Å². The lowest BCUT2D eigenvalue weighted by Crippen LogP contribution is -2.23. The number of para-hydroxylation sites is 1. The first-order valence-electron chi connectivity index (χ1n) is 11.1. The molecule has 0 saturated heterocycles. The summed E-state index contributed by atoms with van der Waals surface area (Å²) in [6.07, 6.45) is 2.65. The van der Waals surface area contributed by atoms with Gasteiger partial charge in [-0.3, -0.25) is 14.3 Å². The van der Waals surface area contributed by atoms with E-state index in [1.807, 2.05) is 6.92 Å². The van der Waals surface area contributed by atoms with Crippen molar-refractivity contribution in [3.05, 3.63) is 75.7 Å². The van der Waals surface area contributed by atoms with E-state index in [2.05, 4.69) is 22.3 Å². The molecule has 34 heavy (non-hydrogen) atoms. The van der Waals surface area contributed by atoms with Crippen LogP contribution in [0.2, 0.25) is 0 Å². The van der Waals surface area contributed by atoms with E-state index in [-0.39, 0.29) is 22.1 Å². The molecule has 2 amide bonds. The lowest BCUT2D eigenvalue weighted by molar-refractivity contribution is 0.0963. The fraction of sp³-hybridized carbons (Fsp3) is 0.280. The highest BCUT2D eigenvalue weighted by Crippen LogP contribution is 2.40. The van der Waals surface area contributed by atoms with E-state index in [0.29, 0.717) is 16.5 Å². The number of hydrogen-bond donors (Lipinski definition) is 3. The minimum Gasteiger partial charge on any atom is -0.355 e. The number of sulfonamides is 1. The SMILES string of the molecule is CNC(=O)c1c(NC(=O)c2ccccc2NS(=O)(=O)c2ccc(C)cc2)sc2c1CCC(C)C2. The molecule has 0 spiro atoms. The zero-order valence-electron chi connectivity index (χ0n) is 19.3. The molecule has 7 nitrogen and oxygen atoms in total. The largest absolute Gasteiger partial charge is 0.355 e. The summed E-state index contributed by atoms with van der Waals surface area (Å²) in [4.78, 5) is 27.1. The van der Waals surface area contributed by atoms with Crippen LogP contribution in [0.25, 0.3) is 0 Å². The Hall–Kier alpha value is -3.17. The van der Waals surface area contributed by atoms with Crippen molar-refractivity contribution >= 4 is 43.9 Å². The standard InChI is InChI=1S/C25H27N3O4S2/c1-15-8-11-17(12-9-15)34(31,32)28-20-7-5-4-6-18(20)23(29)27-25-22(24(30)26-3)19-13-10-16(2)14-21(19)33-25/h4-9,11-12,16,28H,10,13-14H2,1-3H3,(H,26,30)(H,27,29). The van der Waals surface area contributed by atoms with Crippen molar-refractivity contribution in [2.24, 2.45) is 5.92 Å². The Bertz CT molecular complexity index is 1340. The van der Waals surface area contributed by atoms with Crippen LogP contribution >= 0.6 is 11.3 Å². The lowest BCUT2D eigenvalue weighted by Gasteiger charge is -2.18. The maximum atomic E-state index is 13.3. The number of carbonyl (C=O) groups is 2. The summed E-state index contributed by atoms with van der Waals surface area (Å²) >= 11 is 1.42. The average molecular weight is 498 g/mol. The fourth-order valence-corrected chi connectivity index (χ4v) is 6.55. The smallest absolute Gasteiger partial charge is 0.261 e. The third-order valence-electron chi connectivity index (χ3n) is 5.94. The number of rotatable bonds is 6. The maximum Gasteiger partial charge on any atom is 0.261 e. The molecule has 1 aliphatic rings. The van der Waals surface area contributed by atoms with Gasteiger partial charge < -0.3 is 10.6 Å². The van der Waals surface area contributed by atoms with Gasteiger partial charge in [0.15, 0.2) is 0 Å². The molecular weight excluding hydrogens is 470 g/mol. The topological polar surface area (TPSA) is 104 Å². The van der Waals surface area contributed by atoms with Crippen molar-refractivity contribution in [1.82, 2.24) is 5.32 Å². The number of fused-ring (bicyclic) bond motifs is 1. The van der Waals surface area contributed by atoms with E-state index in [9.17, 15) is 18.0 Å². The molecule has 0 radical (unpaired) electrons. The van der Waals surface area contributed by atoms with Crippen LogP contribution in [0.1, 0.15) is 50.1 Å². The minimum absolute atomic E-state index is 0.107. The van der Waals surface area contributed by atoms with Gasteiger partial charge in [0.05, 0.1) is 21.7 Å². The molecule has 1 heterocycles. The zero-order valence-corrected chi connectivity index (χ0v) is 20.9. The number of aryl methyl sites for hydroxylation is 1. The van der Waals surface area contributed by atoms with E-state index >= 15 is 0 Å². The summed E-state index contributed by atoms with van der Waals surface area (Å²) in [5.41, 5.74) is 2.77. The quantitative estimate of drug-likeness (QED) is 0.463. The van der Waals surface area contributed by atoms with Crippen LogP contribution in [-0.2, 0) is 22.9 Å². The van der Waals surface area contributed by atoms with Gasteiger partial charge in [0, 0.05) is 11.9 Å². The molecule has 4 rings (SSSR count). The first-order chi connectivity index (χ1) is 16.2. The second-order valence-corrected chi connectivity index (χ2v) is 11.3. The van der Waals surface area contributed by atoms with Gasteiger partial charge in [0.25, 0.3) is 21.8 Å². The number of hydrogen-bond acceptors (Lipinski definition) is 5. The summed E-state index contributed by atoms with van der Waals surface area (Å²) < 4.78 is 28.3. The van der Waals surface area contributed by atoms with Crippen molar-refractivity contribution < 1.29 is 18.0 Å². The maximum absolute atomic E-state index is 13.3. The predicted octanol–water partition coefficient (Wildman–Crippen LogP) is 4.59. The molecule has 3 aromatic rings. The number of thiophene rings is 1.